The Morgan fingerprint density at radius 1 is 1.29 bits per heavy atom. The van der Waals surface area contributed by atoms with Gasteiger partial charge in [-0.15, -0.1) is 11.6 Å². The average Bonchev–Trinajstić information content (AvgIpc) is 3.25. The standard InChI is InChI=1S/C18H24ClNO/c1-20(12-6-2-5-11-19)18(21)17-15-10-9-13-7-3-4-8-14(13)16(15)17/h3-4,7-8,15-17H,2,5-6,9-12H2,1H3. The van der Waals surface area contributed by atoms with Gasteiger partial charge in [-0.05, 0) is 48.6 Å². The number of alkyl halides is 1. The van der Waals surface area contributed by atoms with Crippen molar-refractivity contribution in [3.63, 3.8) is 0 Å². The molecule has 1 amide bonds. The summed E-state index contributed by atoms with van der Waals surface area (Å²) >= 11 is 5.69. The van der Waals surface area contributed by atoms with E-state index in [9.17, 15) is 4.79 Å². The van der Waals surface area contributed by atoms with Crippen LogP contribution in [0.25, 0.3) is 0 Å². The summed E-state index contributed by atoms with van der Waals surface area (Å²) in [6.45, 7) is 0.868. The summed E-state index contributed by atoms with van der Waals surface area (Å²) in [5.74, 6) is 2.41. The van der Waals surface area contributed by atoms with Gasteiger partial charge >= 0.3 is 0 Å². The van der Waals surface area contributed by atoms with Crippen molar-refractivity contribution in [2.75, 3.05) is 19.5 Å². The minimum atomic E-state index is 0.242. The molecule has 114 valence electrons. The number of hydrogen-bond acceptors (Lipinski definition) is 1. The monoisotopic (exact) mass is 305 g/mol. The molecule has 1 fully saturated rings. The van der Waals surface area contributed by atoms with Gasteiger partial charge in [-0.1, -0.05) is 30.7 Å². The van der Waals surface area contributed by atoms with E-state index in [0.29, 0.717) is 17.7 Å². The fraction of sp³-hybridized carbons (Fsp3) is 0.611. The normalized spacial score (nSPS) is 25.9. The van der Waals surface area contributed by atoms with Crippen LogP contribution in [0.5, 0.6) is 0 Å². The molecule has 3 heteroatoms. The minimum absolute atomic E-state index is 0.242. The second-order valence-electron chi connectivity index (χ2n) is 6.46. The third-order valence-corrected chi connectivity index (χ3v) is 5.39. The lowest BCUT2D eigenvalue weighted by Gasteiger charge is -2.17. The molecule has 3 unspecified atom stereocenters. The molecule has 2 aliphatic carbocycles. The molecule has 1 aromatic carbocycles. The maximum absolute atomic E-state index is 12.6. The van der Waals surface area contributed by atoms with E-state index in [4.69, 9.17) is 11.6 Å². The Kier molecular flexibility index (Phi) is 4.54. The van der Waals surface area contributed by atoms with Gasteiger partial charge in [0.1, 0.15) is 0 Å². The molecule has 0 saturated heterocycles. The van der Waals surface area contributed by atoms with Gasteiger partial charge in [-0.3, -0.25) is 4.79 Å². The highest BCUT2D eigenvalue weighted by atomic mass is 35.5. The van der Waals surface area contributed by atoms with Gasteiger partial charge in [0.05, 0.1) is 0 Å². The number of carbonyl (C=O) groups excluding carboxylic acids is 1. The third kappa shape index (κ3) is 2.96. The number of fused-ring (bicyclic) bond motifs is 3. The van der Waals surface area contributed by atoms with E-state index in [-0.39, 0.29) is 5.92 Å². The average molecular weight is 306 g/mol. The second kappa shape index (κ2) is 6.39. The smallest absolute Gasteiger partial charge is 0.226 e. The molecule has 3 rings (SSSR count). The van der Waals surface area contributed by atoms with Gasteiger partial charge in [-0.25, -0.2) is 0 Å². The highest BCUT2D eigenvalue weighted by Gasteiger charge is 2.57. The molecular formula is C18H24ClNO. The molecule has 0 aliphatic heterocycles. The Morgan fingerprint density at radius 2 is 2.10 bits per heavy atom. The van der Waals surface area contributed by atoms with Crippen molar-refractivity contribution in [1.29, 1.82) is 0 Å². The molecule has 2 aliphatic rings. The second-order valence-corrected chi connectivity index (χ2v) is 6.84. The van der Waals surface area contributed by atoms with Crippen LogP contribution in [0.2, 0.25) is 0 Å². The first-order valence-electron chi connectivity index (χ1n) is 8.12. The van der Waals surface area contributed by atoms with Crippen LogP contribution < -0.4 is 0 Å². The van der Waals surface area contributed by atoms with Crippen molar-refractivity contribution in [1.82, 2.24) is 4.90 Å². The van der Waals surface area contributed by atoms with Crippen LogP contribution in [0.15, 0.2) is 24.3 Å². The van der Waals surface area contributed by atoms with Crippen molar-refractivity contribution in [2.24, 2.45) is 11.8 Å². The SMILES string of the molecule is CN(CCCCCCl)C(=O)C1C2CCc3ccccc3C21. The molecule has 21 heavy (non-hydrogen) atoms. The topological polar surface area (TPSA) is 20.3 Å². The number of nitrogens with zero attached hydrogens (tertiary/aromatic N) is 1. The zero-order chi connectivity index (χ0) is 14.8. The lowest BCUT2D eigenvalue weighted by molar-refractivity contribution is -0.131. The van der Waals surface area contributed by atoms with Gasteiger partial charge in [0.2, 0.25) is 5.91 Å². The fourth-order valence-corrected chi connectivity index (χ4v) is 4.08. The van der Waals surface area contributed by atoms with Crippen molar-refractivity contribution in [3.05, 3.63) is 35.4 Å². The van der Waals surface area contributed by atoms with Crippen LogP contribution >= 0.6 is 11.6 Å². The number of hydrogen-bond donors (Lipinski definition) is 0. The van der Waals surface area contributed by atoms with Gasteiger partial charge in [-0.2, -0.15) is 0 Å². The highest BCUT2D eigenvalue weighted by molar-refractivity contribution is 6.17. The fourth-order valence-electron chi connectivity index (χ4n) is 3.89. The van der Waals surface area contributed by atoms with E-state index in [1.807, 2.05) is 11.9 Å². The third-order valence-electron chi connectivity index (χ3n) is 5.12. The Hall–Kier alpha value is -1.02. The molecule has 2 nitrogen and oxygen atoms in total. The first kappa shape index (κ1) is 14.9. The van der Waals surface area contributed by atoms with Crippen LogP contribution in [-0.2, 0) is 11.2 Å². The summed E-state index contributed by atoms with van der Waals surface area (Å²) in [6, 6.07) is 8.67. The molecular weight excluding hydrogens is 282 g/mol. The molecule has 0 bridgehead atoms. The van der Waals surface area contributed by atoms with Crippen LogP contribution in [0.4, 0.5) is 0 Å². The lowest BCUT2D eigenvalue weighted by atomic mass is 9.92. The predicted molar refractivity (Wildman–Crippen MR) is 86.7 cm³/mol. The lowest BCUT2D eigenvalue weighted by Crippen LogP contribution is -2.30. The maximum Gasteiger partial charge on any atom is 0.226 e. The number of carbonyl (C=O) groups is 1. The zero-order valence-electron chi connectivity index (χ0n) is 12.7. The van der Waals surface area contributed by atoms with Crippen LogP contribution in [-0.4, -0.2) is 30.3 Å². The Labute approximate surface area is 132 Å². The van der Waals surface area contributed by atoms with Crippen LogP contribution in [0.3, 0.4) is 0 Å². The van der Waals surface area contributed by atoms with E-state index in [1.54, 1.807) is 0 Å². The van der Waals surface area contributed by atoms with E-state index in [1.165, 1.54) is 17.5 Å². The van der Waals surface area contributed by atoms with E-state index < -0.39 is 0 Å². The summed E-state index contributed by atoms with van der Waals surface area (Å²) in [5.41, 5.74) is 2.89. The predicted octanol–water partition coefficient (Wildman–Crippen LogP) is 3.83. The van der Waals surface area contributed by atoms with Crippen molar-refractivity contribution in [2.45, 2.75) is 38.0 Å². The summed E-state index contributed by atoms with van der Waals surface area (Å²) in [6.07, 6.45) is 5.54. The van der Waals surface area contributed by atoms with Crippen LogP contribution in [0.1, 0.15) is 42.7 Å². The highest BCUT2D eigenvalue weighted by Crippen LogP contribution is 2.60. The maximum atomic E-state index is 12.6. The Bertz CT molecular complexity index is 516. The number of benzene rings is 1. The summed E-state index contributed by atoms with van der Waals surface area (Å²) in [4.78, 5) is 14.6. The molecule has 0 radical (unpaired) electrons. The summed E-state index contributed by atoms with van der Waals surface area (Å²) in [7, 11) is 1.96. The van der Waals surface area contributed by atoms with Gasteiger partial charge in [0.25, 0.3) is 0 Å². The molecule has 0 aromatic heterocycles. The Balaban J connectivity index is 1.58. The van der Waals surface area contributed by atoms with Gasteiger partial charge < -0.3 is 4.90 Å². The van der Waals surface area contributed by atoms with Gasteiger partial charge in [0.15, 0.2) is 0 Å². The summed E-state index contributed by atoms with van der Waals surface area (Å²) in [5, 5.41) is 0. The molecule has 1 aromatic rings. The molecule has 0 N–H and O–H groups in total. The van der Waals surface area contributed by atoms with Crippen molar-refractivity contribution >= 4 is 17.5 Å². The largest absolute Gasteiger partial charge is 0.345 e. The number of aryl methyl sites for hydroxylation is 1. The molecule has 0 spiro atoms. The minimum Gasteiger partial charge on any atom is -0.345 e. The number of rotatable bonds is 6. The number of amides is 1. The number of halogens is 1. The van der Waals surface area contributed by atoms with E-state index in [2.05, 4.69) is 24.3 Å². The van der Waals surface area contributed by atoms with Gasteiger partial charge in [0, 0.05) is 25.4 Å². The number of unbranched alkanes of at least 4 members (excludes halogenated alkanes) is 2. The van der Waals surface area contributed by atoms with E-state index >= 15 is 0 Å². The first-order valence-corrected chi connectivity index (χ1v) is 8.66. The van der Waals surface area contributed by atoms with Crippen LogP contribution in [0, 0.1) is 11.8 Å². The quantitative estimate of drug-likeness (QED) is 0.578. The molecule has 1 saturated carbocycles. The molecule has 3 atom stereocenters. The van der Waals surface area contributed by atoms with Crippen molar-refractivity contribution in [3.8, 4) is 0 Å². The zero-order valence-corrected chi connectivity index (χ0v) is 13.5. The first-order chi connectivity index (χ1) is 10.2. The summed E-state index contributed by atoms with van der Waals surface area (Å²) < 4.78 is 0. The van der Waals surface area contributed by atoms with Crippen molar-refractivity contribution < 1.29 is 4.79 Å². The Morgan fingerprint density at radius 3 is 2.90 bits per heavy atom. The molecule has 0 heterocycles. The van der Waals surface area contributed by atoms with E-state index in [0.717, 1.165) is 38.1 Å².